The molecule has 0 atom stereocenters. The van der Waals surface area contributed by atoms with Crippen LogP contribution in [0.4, 0.5) is 0 Å². The number of ether oxygens (including phenoxy) is 2. The van der Waals surface area contributed by atoms with Crippen LogP contribution in [0.2, 0.25) is 0 Å². The minimum absolute atomic E-state index is 0.0117. The lowest BCUT2D eigenvalue weighted by atomic mass is 10.0. The van der Waals surface area contributed by atoms with Crippen LogP contribution < -0.4 is 9.47 Å². The highest BCUT2D eigenvalue weighted by Crippen LogP contribution is 2.33. The lowest BCUT2D eigenvalue weighted by Gasteiger charge is -2.15. The summed E-state index contributed by atoms with van der Waals surface area (Å²) in [6.07, 6.45) is 2.93. The Kier molecular flexibility index (Phi) is 6.66. The van der Waals surface area contributed by atoms with Gasteiger partial charge in [-0.15, -0.1) is 0 Å². The Morgan fingerprint density at radius 2 is 2.03 bits per heavy atom. The SMILES string of the molecule is CCCc1c(OCc2cccc(Oc3cc(C#N)ccn3)c2)ccc(C(C)=O)c1O. The van der Waals surface area contributed by atoms with Gasteiger partial charge in [-0.3, -0.25) is 4.79 Å². The van der Waals surface area contributed by atoms with E-state index in [4.69, 9.17) is 14.7 Å². The van der Waals surface area contributed by atoms with E-state index >= 15 is 0 Å². The molecule has 0 aliphatic rings. The van der Waals surface area contributed by atoms with E-state index in [1.54, 1.807) is 30.3 Å². The maximum atomic E-state index is 11.7. The minimum atomic E-state index is -0.185. The van der Waals surface area contributed by atoms with Crippen molar-refractivity contribution in [2.45, 2.75) is 33.3 Å². The average molecular weight is 402 g/mol. The number of pyridine rings is 1. The summed E-state index contributed by atoms with van der Waals surface area (Å²) in [4.78, 5) is 15.8. The third kappa shape index (κ3) is 4.95. The van der Waals surface area contributed by atoms with Crippen molar-refractivity contribution in [3.8, 4) is 29.2 Å². The van der Waals surface area contributed by atoms with Gasteiger partial charge in [0.2, 0.25) is 5.88 Å². The Labute approximate surface area is 175 Å². The molecule has 152 valence electrons. The van der Waals surface area contributed by atoms with E-state index in [1.165, 1.54) is 13.1 Å². The van der Waals surface area contributed by atoms with Crippen LogP contribution in [0.25, 0.3) is 0 Å². The van der Waals surface area contributed by atoms with Crippen molar-refractivity contribution in [1.29, 1.82) is 5.26 Å². The summed E-state index contributed by atoms with van der Waals surface area (Å²) in [6, 6.07) is 15.9. The normalized spacial score (nSPS) is 10.3. The number of phenols is 1. The predicted octanol–water partition coefficient (Wildman–Crippen LogP) is 5.19. The van der Waals surface area contributed by atoms with Crippen LogP contribution >= 0.6 is 0 Å². The number of phenolic OH excluding ortho intramolecular Hbond substituents is 1. The van der Waals surface area contributed by atoms with Crippen molar-refractivity contribution in [2.24, 2.45) is 0 Å². The number of carbonyl (C=O) groups excluding carboxylic acids is 1. The molecule has 1 heterocycles. The van der Waals surface area contributed by atoms with Crippen LogP contribution in [0.15, 0.2) is 54.7 Å². The number of hydrogen-bond acceptors (Lipinski definition) is 6. The van der Waals surface area contributed by atoms with Gasteiger partial charge in [-0.05, 0) is 49.2 Å². The summed E-state index contributed by atoms with van der Waals surface area (Å²) < 4.78 is 11.7. The van der Waals surface area contributed by atoms with Gasteiger partial charge in [-0.2, -0.15) is 5.26 Å². The molecule has 6 nitrogen and oxygen atoms in total. The van der Waals surface area contributed by atoms with Gasteiger partial charge < -0.3 is 14.6 Å². The lowest BCUT2D eigenvalue weighted by Crippen LogP contribution is -2.02. The standard InChI is InChI=1S/C24H22N2O4/c1-3-5-21-22(9-8-20(16(2)27)24(21)28)29-15-18-6-4-7-19(12-18)30-23-13-17(14-25)10-11-26-23/h4,6-13,28H,3,5,15H2,1-2H3. The first kappa shape index (κ1) is 20.9. The largest absolute Gasteiger partial charge is 0.507 e. The summed E-state index contributed by atoms with van der Waals surface area (Å²) in [6.45, 7) is 3.69. The molecule has 0 aliphatic heterocycles. The van der Waals surface area contributed by atoms with Crippen LogP contribution in [0.1, 0.15) is 47.3 Å². The molecule has 0 spiro atoms. The summed E-state index contributed by atoms with van der Waals surface area (Å²) in [5.41, 5.74) is 2.27. The number of nitriles is 1. The van der Waals surface area contributed by atoms with Crippen molar-refractivity contribution in [3.05, 3.63) is 77.0 Å². The molecule has 0 bridgehead atoms. The van der Waals surface area contributed by atoms with Gasteiger partial charge in [0, 0.05) is 17.8 Å². The Hall–Kier alpha value is -3.85. The summed E-state index contributed by atoms with van der Waals surface area (Å²) in [7, 11) is 0. The van der Waals surface area contributed by atoms with E-state index < -0.39 is 0 Å². The molecule has 0 aliphatic carbocycles. The number of nitrogens with zero attached hydrogens (tertiary/aromatic N) is 2. The summed E-state index contributed by atoms with van der Waals surface area (Å²) in [5.74, 6) is 1.26. The van der Waals surface area contributed by atoms with Crippen LogP contribution in [0.3, 0.4) is 0 Å². The number of aromatic hydroxyl groups is 1. The topological polar surface area (TPSA) is 92.4 Å². The number of Topliss-reactive ketones (excluding diaryl/α,β-unsaturated/α-hetero) is 1. The molecule has 0 amide bonds. The fourth-order valence-electron chi connectivity index (χ4n) is 3.04. The molecule has 0 unspecified atom stereocenters. The molecular weight excluding hydrogens is 380 g/mol. The van der Waals surface area contributed by atoms with Crippen molar-refractivity contribution in [2.75, 3.05) is 0 Å². The highest BCUT2D eigenvalue weighted by atomic mass is 16.5. The molecule has 0 saturated carbocycles. The monoisotopic (exact) mass is 402 g/mol. The van der Waals surface area contributed by atoms with Crippen molar-refractivity contribution in [3.63, 3.8) is 0 Å². The fourth-order valence-corrected chi connectivity index (χ4v) is 3.04. The van der Waals surface area contributed by atoms with Gasteiger partial charge in [-0.25, -0.2) is 4.98 Å². The zero-order valence-corrected chi connectivity index (χ0v) is 16.9. The molecular formula is C24H22N2O4. The molecule has 1 aromatic heterocycles. The molecule has 0 radical (unpaired) electrons. The Morgan fingerprint density at radius 1 is 1.20 bits per heavy atom. The molecule has 30 heavy (non-hydrogen) atoms. The van der Waals surface area contributed by atoms with Crippen LogP contribution in [-0.4, -0.2) is 15.9 Å². The number of aromatic nitrogens is 1. The molecule has 2 aromatic carbocycles. The lowest BCUT2D eigenvalue weighted by molar-refractivity contribution is 0.101. The van der Waals surface area contributed by atoms with Gasteiger partial charge >= 0.3 is 0 Å². The van der Waals surface area contributed by atoms with Crippen LogP contribution in [-0.2, 0) is 13.0 Å². The van der Waals surface area contributed by atoms with Gasteiger partial charge in [0.15, 0.2) is 5.78 Å². The van der Waals surface area contributed by atoms with Gasteiger partial charge in [0.1, 0.15) is 23.9 Å². The molecule has 3 rings (SSSR count). The third-order valence-electron chi connectivity index (χ3n) is 4.50. The predicted molar refractivity (Wildman–Crippen MR) is 112 cm³/mol. The smallest absolute Gasteiger partial charge is 0.220 e. The van der Waals surface area contributed by atoms with Crippen molar-refractivity contribution in [1.82, 2.24) is 4.98 Å². The van der Waals surface area contributed by atoms with Crippen LogP contribution in [0, 0.1) is 11.3 Å². The van der Waals surface area contributed by atoms with E-state index in [0.717, 1.165) is 12.0 Å². The zero-order valence-electron chi connectivity index (χ0n) is 16.9. The quantitative estimate of drug-likeness (QED) is 0.522. The van der Waals surface area contributed by atoms with Gasteiger partial charge in [0.05, 0.1) is 17.2 Å². The van der Waals surface area contributed by atoms with Crippen molar-refractivity contribution >= 4 is 5.78 Å². The second-order valence-corrected chi connectivity index (χ2v) is 6.78. The third-order valence-corrected chi connectivity index (χ3v) is 4.50. The molecule has 0 saturated heterocycles. The zero-order chi connectivity index (χ0) is 21.5. The number of rotatable bonds is 8. The van der Waals surface area contributed by atoms with E-state index in [2.05, 4.69) is 11.1 Å². The number of carbonyl (C=O) groups is 1. The highest BCUT2D eigenvalue weighted by molar-refractivity contribution is 5.97. The minimum Gasteiger partial charge on any atom is -0.507 e. The highest BCUT2D eigenvalue weighted by Gasteiger charge is 2.16. The van der Waals surface area contributed by atoms with Gasteiger partial charge in [-0.1, -0.05) is 25.5 Å². The van der Waals surface area contributed by atoms with Crippen LogP contribution in [0.5, 0.6) is 23.1 Å². The van der Waals surface area contributed by atoms with Gasteiger partial charge in [0.25, 0.3) is 0 Å². The Balaban J connectivity index is 1.76. The van der Waals surface area contributed by atoms with E-state index in [0.29, 0.717) is 40.5 Å². The molecule has 1 N–H and O–H groups in total. The first-order chi connectivity index (χ1) is 14.5. The van der Waals surface area contributed by atoms with E-state index in [-0.39, 0.29) is 18.1 Å². The summed E-state index contributed by atoms with van der Waals surface area (Å²) in [5, 5.41) is 19.5. The fraction of sp³-hybridized carbons (Fsp3) is 0.208. The molecule has 3 aromatic rings. The second-order valence-electron chi connectivity index (χ2n) is 6.78. The number of hydrogen-bond donors (Lipinski definition) is 1. The maximum Gasteiger partial charge on any atom is 0.220 e. The average Bonchev–Trinajstić information content (AvgIpc) is 2.74. The summed E-state index contributed by atoms with van der Waals surface area (Å²) >= 11 is 0. The van der Waals surface area contributed by atoms with E-state index in [1.807, 2.05) is 25.1 Å². The first-order valence-electron chi connectivity index (χ1n) is 9.63. The van der Waals surface area contributed by atoms with E-state index in [9.17, 15) is 9.90 Å². The maximum absolute atomic E-state index is 11.7. The molecule has 6 heteroatoms. The number of ketones is 1. The Morgan fingerprint density at radius 3 is 2.77 bits per heavy atom. The molecule has 0 fully saturated rings. The van der Waals surface area contributed by atoms with Crippen molar-refractivity contribution < 1.29 is 19.4 Å². The second kappa shape index (κ2) is 9.57. The Bertz CT molecular complexity index is 1100. The number of benzene rings is 2. The first-order valence-corrected chi connectivity index (χ1v) is 9.63.